The molecule has 0 aliphatic carbocycles. The van der Waals surface area contributed by atoms with Crippen molar-refractivity contribution >= 4 is 21.8 Å². The van der Waals surface area contributed by atoms with Gasteiger partial charge in [0, 0.05) is 34.7 Å². The Labute approximate surface area is 271 Å². The van der Waals surface area contributed by atoms with Gasteiger partial charge in [-0.15, -0.1) is 0 Å². The second-order valence-corrected chi connectivity index (χ2v) is 13.0. The predicted molar refractivity (Wildman–Crippen MR) is 190 cm³/mol. The second kappa shape index (κ2) is 11.6. The van der Waals surface area contributed by atoms with Crippen molar-refractivity contribution in [2.45, 2.75) is 60.3 Å². The summed E-state index contributed by atoms with van der Waals surface area (Å²) in [6, 6.07) is 34.0. The smallest absolute Gasteiger partial charge is 0.137 e. The third-order valence-electron chi connectivity index (χ3n) is 8.91. The second-order valence-electron chi connectivity index (χ2n) is 13.0. The van der Waals surface area contributed by atoms with Crippen molar-refractivity contribution in [3.63, 3.8) is 0 Å². The van der Waals surface area contributed by atoms with Gasteiger partial charge in [-0.2, -0.15) is 5.10 Å². The van der Waals surface area contributed by atoms with Gasteiger partial charge in [0.15, 0.2) is 0 Å². The Morgan fingerprint density at radius 3 is 2.20 bits per heavy atom. The number of ether oxygens (including phenoxy) is 1. The normalized spacial score (nSPS) is 11.8. The molecule has 4 aromatic carbocycles. The molecule has 0 unspecified atom stereocenters. The summed E-state index contributed by atoms with van der Waals surface area (Å²) in [6.45, 7) is 15.4. The van der Waals surface area contributed by atoms with Gasteiger partial charge in [0.2, 0.25) is 0 Å². The quantitative estimate of drug-likeness (QED) is 0.182. The van der Waals surface area contributed by atoms with Crippen LogP contribution >= 0.6 is 0 Å². The maximum absolute atomic E-state index is 6.58. The number of para-hydroxylation sites is 1. The molecule has 0 fully saturated rings. The van der Waals surface area contributed by atoms with Crippen LogP contribution < -0.4 is 4.74 Å². The largest absolute Gasteiger partial charge is 0.457 e. The lowest BCUT2D eigenvalue weighted by atomic mass is 9.91. The SMILES string of the molecule is Cc1ccnc(-n2c3ccccc3c3ccc(Oc4cccc(-n5nc(C(C)C)c(-c6ccc(C)c(C)c6)c5C(C)C)c4)cc32)c1. The topological polar surface area (TPSA) is 44.9 Å². The van der Waals surface area contributed by atoms with E-state index < -0.39 is 0 Å². The minimum Gasteiger partial charge on any atom is -0.457 e. The van der Waals surface area contributed by atoms with Crippen molar-refractivity contribution < 1.29 is 4.74 Å². The van der Waals surface area contributed by atoms with Gasteiger partial charge in [-0.25, -0.2) is 9.67 Å². The molecule has 0 saturated heterocycles. The first-order valence-electron chi connectivity index (χ1n) is 16.1. The Morgan fingerprint density at radius 2 is 1.43 bits per heavy atom. The van der Waals surface area contributed by atoms with Crippen LogP contribution in [0.1, 0.15) is 67.6 Å². The minimum atomic E-state index is 0.265. The Morgan fingerprint density at radius 1 is 0.652 bits per heavy atom. The van der Waals surface area contributed by atoms with Crippen molar-refractivity contribution in [1.29, 1.82) is 0 Å². The van der Waals surface area contributed by atoms with Crippen LogP contribution in [0.2, 0.25) is 0 Å². The van der Waals surface area contributed by atoms with E-state index in [2.05, 4.69) is 137 Å². The van der Waals surface area contributed by atoms with Crippen LogP contribution in [-0.2, 0) is 0 Å². The lowest BCUT2D eigenvalue weighted by molar-refractivity contribution is 0.482. The van der Waals surface area contributed by atoms with E-state index in [0.717, 1.165) is 39.7 Å². The summed E-state index contributed by atoms with van der Waals surface area (Å²) in [7, 11) is 0. The first-order chi connectivity index (χ1) is 22.2. The molecule has 5 nitrogen and oxygen atoms in total. The van der Waals surface area contributed by atoms with Crippen molar-refractivity contribution in [3.05, 3.63) is 131 Å². The van der Waals surface area contributed by atoms with E-state index in [9.17, 15) is 0 Å². The number of rotatable bonds is 7. The highest BCUT2D eigenvalue weighted by atomic mass is 16.5. The Kier molecular flexibility index (Phi) is 7.48. The van der Waals surface area contributed by atoms with Crippen molar-refractivity contribution in [2.24, 2.45) is 0 Å². The predicted octanol–water partition coefficient (Wildman–Crippen LogP) is 11.0. The molecule has 0 bridgehead atoms. The maximum Gasteiger partial charge on any atom is 0.137 e. The van der Waals surface area contributed by atoms with Crippen LogP contribution in [0.4, 0.5) is 0 Å². The fourth-order valence-corrected chi connectivity index (χ4v) is 6.49. The molecule has 0 aliphatic heterocycles. The monoisotopic (exact) mass is 604 g/mol. The van der Waals surface area contributed by atoms with E-state index in [0.29, 0.717) is 0 Å². The highest BCUT2D eigenvalue weighted by Crippen LogP contribution is 2.39. The molecular weight excluding hydrogens is 564 g/mol. The summed E-state index contributed by atoms with van der Waals surface area (Å²) in [6.07, 6.45) is 1.87. The number of benzene rings is 4. The number of nitrogens with zero attached hydrogens (tertiary/aromatic N) is 4. The molecule has 0 amide bonds. The van der Waals surface area contributed by atoms with Crippen LogP contribution in [0, 0.1) is 20.8 Å². The lowest BCUT2D eigenvalue weighted by Crippen LogP contribution is -2.05. The molecule has 7 aromatic rings. The molecule has 5 heteroatoms. The molecule has 46 heavy (non-hydrogen) atoms. The zero-order valence-electron chi connectivity index (χ0n) is 27.7. The van der Waals surface area contributed by atoms with Gasteiger partial charge in [0.1, 0.15) is 17.3 Å². The molecule has 0 spiro atoms. The van der Waals surface area contributed by atoms with Gasteiger partial charge < -0.3 is 4.74 Å². The summed E-state index contributed by atoms with van der Waals surface area (Å²) in [5.74, 6) is 2.96. The fourth-order valence-electron chi connectivity index (χ4n) is 6.49. The van der Waals surface area contributed by atoms with Crippen LogP contribution in [0.3, 0.4) is 0 Å². The van der Waals surface area contributed by atoms with Crippen LogP contribution in [-0.4, -0.2) is 19.3 Å². The molecule has 230 valence electrons. The van der Waals surface area contributed by atoms with Gasteiger partial charge in [-0.3, -0.25) is 4.57 Å². The van der Waals surface area contributed by atoms with E-state index >= 15 is 0 Å². The summed E-state index contributed by atoms with van der Waals surface area (Å²) in [5.41, 5.74) is 11.7. The third-order valence-corrected chi connectivity index (χ3v) is 8.91. The van der Waals surface area contributed by atoms with E-state index in [1.165, 1.54) is 44.3 Å². The Hall–Kier alpha value is -5.16. The molecule has 7 rings (SSSR count). The standard InChI is InChI=1S/C41H40N4O/c1-25(2)40-39(30-16-15-28(6)29(7)22-30)41(26(3)4)45(43-40)31-11-10-12-32(23-31)46-33-17-18-35-34-13-8-9-14-36(34)44(37(35)24-33)38-21-27(5)19-20-42-38/h8-26H,1-7H3. The average molecular weight is 605 g/mol. The van der Waals surface area contributed by atoms with Gasteiger partial charge in [0.05, 0.1) is 28.1 Å². The first-order valence-corrected chi connectivity index (χ1v) is 16.1. The first kappa shape index (κ1) is 29.5. The van der Waals surface area contributed by atoms with E-state index in [4.69, 9.17) is 14.8 Å². The molecule has 3 aromatic heterocycles. The molecule has 0 radical (unpaired) electrons. The van der Waals surface area contributed by atoms with Gasteiger partial charge in [0.25, 0.3) is 0 Å². The van der Waals surface area contributed by atoms with E-state index in [1.807, 2.05) is 24.4 Å². The molecule has 0 atom stereocenters. The van der Waals surface area contributed by atoms with Gasteiger partial charge in [-0.05, 0) is 97.3 Å². The average Bonchev–Trinajstić information content (AvgIpc) is 3.60. The number of pyridine rings is 1. The minimum absolute atomic E-state index is 0.265. The van der Waals surface area contributed by atoms with Crippen molar-refractivity contribution in [3.8, 4) is 34.1 Å². The van der Waals surface area contributed by atoms with E-state index in [-0.39, 0.29) is 11.8 Å². The number of aryl methyl sites for hydroxylation is 3. The highest BCUT2D eigenvalue weighted by molar-refractivity contribution is 6.09. The maximum atomic E-state index is 6.58. The van der Waals surface area contributed by atoms with Crippen LogP contribution in [0.25, 0.3) is 44.4 Å². The summed E-state index contributed by atoms with van der Waals surface area (Å²) in [5, 5.41) is 7.60. The molecule has 3 heterocycles. The summed E-state index contributed by atoms with van der Waals surface area (Å²) in [4.78, 5) is 4.73. The number of fused-ring (bicyclic) bond motifs is 3. The zero-order chi connectivity index (χ0) is 32.1. The molecule has 0 aliphatic rings. The van der Waals surface area contributed by atoms with Crippen molar-refractivity contribution in [1.82, 2.24) is 19.3 Å². The molecule has 0 saturated carbocycles. The van der Waals surface area contributed by atoms with E-state index in [1.54, 1.807) is 0 Å². The van der Waals surface area contributed by atoms with Crippen LogP contribution in [0.5, 0.6) is 11.5 Å². The van der Waals surface area contributed by atoms with Gasteiger partial charge in [-0.1, -0.05) is 70.2 Å². The van der Waals surface area contributed by atoms with Gasteiger partial charge >= 0.3 is 0 Å². The number of aromatic nitrogens is 4. The highest BCUT2D eigenvalue weighted by Gasteiger charge is 2.25. The molecule has 0 N–H and O–H groups in total. The summed E-state index contributed by atoms with van der Waals surface area (Å²) < 4.78 is 10.9. The molecular formula is C41H40N4O. The summed E-state index contributed by atoms with van der Waals surface area (Å²) >= 11 is 0. The fraction of sp³-hybridized carbons (Fsp3) is 0.220. The number of hydrogen-bond donors (Lipinski definition) is 0. The lowest BCUT2D eigenvalue weighted by Gasteiger charge is -2.15. The van der Waals surface area contributed by atoms with Crippen LogP contribution in [0.15, 0.2) is 103 Å². The Balaban J connectivity index is 1.32. The third kappa shape index (κ3) is 5.16. The van der Waals surface area contributed by atoms with Crippen molar-refractivity contribution in [2.75, 3.05) is 0 Å². The zero-order valence-corrected chi connectivity index (χ0v) is 27.7. The Bertz CT molecular complexity index is 2230. The number of hydrogen-bond acceptors (Lipinski definition) is 3.